The zero-order valence-corrected chi connectivity index (χ0v) is 6.64. The molecule has 0 atom stereocenters. The van der Waals surface area contributed by atoms with E-state index >= 15 is 0 Å². The minimum absolute atomic E-state index is 0. The normalized spacial score (nSPS) is 8.57. The molecule has 0 heterocycles. The third-order valence-corrected chi connectivity index (χ3v) is 0. The Kier molecular flexibility index (Phi) is 14.3. The summed E-state index contributed by atoms with van der Waals surface area (Å²) in [5.74, 6) is 0. The molecule has 40 valence electrons. The van der Waals surface area contributed by atoms with Crippen LogP contribution in [0.25, 0.3) is 0 Å². The molecule has 0 fully saturated rings. The molecule has 0 aromatic carbocycles. The Morgan fingerprint density at radius 1 is 0.857 bits per heavy atom. The summed E-state index contributed by atoms with van der Waals surface area (Å²) in [6.45, 7) is 0. The first kappa shape index (κ1) is 16.1. The first-order valence-electron chi connectivity index (χ1n) is 0.894. The Morgan fingerprint density at radius 2 is 0.857 bits per heavy atom. The summed E-state index contributed by atoms with van der Waals surface area (Å²) in [5, 5.41) is 0. The van der Waals surface area contributed by atoms with Gasteiger partial charge in [0.1, 0.15) is 0 Å². The predicted molar refractivity (Wildman–Crippen MR) is 28.9 cm³/mol. The van der Waals surface area contributed by atoms with Crippen LogP contribution < -0.4 is 0 Å². The zero-order chi connectivity index (χ0) is 4.50. The van der Waals surface area contributed by atoms with Gasteiger partial charge in [-0.1, -0.05) is 0 Å². The van der Waals surface area contributed by atoms with Gasteiger partial charge < -0.3 is 19.2 Å². The first-order valence-corrected chi connectivity index (χ1v) is 2.68. The zero-order valence-electron chi connectivity index (χ0n) is 2.79. The second-order valence-corrected chi connectivity index (χ2v) is 1.80. The van der Waals surface area contributed by atoms with Crippen molar-refractivity contribution in [1.82, 2.24) is 0 Å². The van der Waals surface area contributed by atoms with Crippen LogP contribution in [0.3, 0.4) is 0 Å². The van der Waals surface area contributed by atoms with E-state index in [1.165, 1.54) is 0 Å². The maximum absolute atomic E-state index is 7.33. The van der Waals surface area contributed by atoms with E-state index in [4.69, 9.17) is 19.2 Å². The Bertz CT molecular complexity index is 27.2. The Labute approximate surface area is 88.6 Å². The second kappa shape index (κ2) is 6.24. The summed E-state index contributed by atoms with van der Waals surface area (Å²) in [5.41, 5.74) is 0. The molecule has 0 spiro atoms. The second-order valence-electron chi connectivity index (χ2n) is 0.600. The molecular weight excluding hydrogens is 251 g/mol. The fraction of sp³-hybridized carbons (Fsp3) is 0. The van der Waals surface area contributed by atoms with E-state index in [0.717, 1.165) is 0 Å². The molecule has 0 unspecified atom stereocenters. The molecule has 7 heteroatoms. The van der Waals surface area contributed by atoms with Crippen molar-refractivity contribution in [1.29, 1.82) is 0 Å². The van der Waals surface area contributed by atoms with Gasteiger partial charge in [-0.15, -0.1) is 0 Å². The van der Waals surface area contributed by atoms with Gasteiger partial charge in [-0.25, -0.2) is 0 Å². The van der Waals surface area contributed by atoms with Gasteiger partial charge in [-0.3, -0.25) is 0 Å². The largest absolute Gasteiger partial charge is 0 e. The summed E-state index contributed by atoms with van der Waals surface area (Å²) < 4.78 is 0. The summed E-state index contributed by atoms with van der Waals surface area (Å²) >= 11 is 0. The van der Waals surface area contributed by atoms with Gasteiger partial charge >= 0.3 is 46.8 Å². The molecule has 0 saturated carbocycles. The quantitative estimate of drug-likeness (QED) is 0.334. The molecule has 4 N–H and O–H groups in total. The van der Waals surface area contributed by atoms with Crippen molar-refractivity contribution in [3.05, 3.63) is 0 Å². The molecule has 0 aliphatic carbocycles. The van der Waals surface area contributed by atoms with Crippen molar-refractivity contribution in [2.24, 2.45) is 0 Å². The Balaban J connectivity index is -0.0000000800. The summed E-state index contributed by atoms with van der Waals surface area (Å²) in [7, 11) is -4.61. The van der Waals surface area contributed by atoms with Crippen LogP contribution in [-0.4, -0.2) is 89.9 Å². The number of hydrogen-bond acceptors (Lipinski definition) is 4. The van der Waals surface area contributed by atoms with E-state index in [1.54, 1.807) is 0 Å². The monoisotopic (exact) mass is 258 g/mol. The fourth-order valence-electron chi connectivity index (χ4n) is 0. The van der Waals surface area contributed by atoms with Crippen LogP contribution in [-0.2, 0) is 0 Å². The van der Waals surface area contributed by atoms with Gasteiger partial charge in [0, 0.05) is 23.9 Å². The molecule has 4 nitrogen and oxygen atoms in total. The van der Waals surface area contributed by atoms with E-state index in [0.29, 0.717) is 0 Å². The summed E-state index contributed by atoms with van der Waals surface area (Å²) in [4.78, 5) is 29.3. The standard InChI is InChI=1S/Ca.H4O4Si.Sn.2H/c;1-5(2,3)4;;;/h;1-4H;;;. The van der Waals surface area contributed by atoms with Crippen molar-refractivity contribution in [3.63, 3.8) is 0 Å². The Hall–Kier alpha value is 2.12. The maximum Gasteiger partial charge on any atom is 0 e. The maximum atomic E-state index is 7.33. The molecule has 0 aromatic rings. The van der Waals surface area contributed by atoms with E-state index < -0.39 is 9.05 Å². The first-order chi connectivity index (χ1) is 2.00. The third kappa shape index (κ3) is 67.8. The van der Waals surface area contributed by atoms with Crippen LogP contribution in [0.2, 0.25) is 0 Å². The van der Waals surface area contributed by atoms with Gasteiger partial charge in [-0.05, 0) is 0 Å². The van der Waals surface area contributed by atoms with Crippen LogP contribution >= 0.6 is 0 Å². The fourth-order valence-corrected chi connectivity index (χ4v) is 0. The van der Waals surface area contributed by atoms with Gasteiger partial charge in [0.15, 0.2) is 0 Å². The third-order valence-electron chi connectivity index (χ3n) is 0. The molecule has 0 aromatic heterocycles. The molecule has 0 aliphatic heterocycles. The van der Waals surface area contributed by atoms with Gasteiger partial charge in [0.05, 0.1) is 0 Å². The minimum Gasteiger partial charge on any atom is 0 e. The van der Waals surface area contributed by atoms with Crippen molar-refractivity contribution in [3.8, 4) is 0 Å². The van der Waals surface area contributed by atoms with E-state index in [9.17, 15) is 0 Å². The average Bonchev–Trinajstić information content (AvgIpc) is 0.722. The van der Waals surface area contributed by atoms with Crippen LogP contribution in [0, 0.1) is 0 Å². The number of hydrogen-bond donors (Lipinski definition) is 4. The summed E-state index contributed by atoms with van der Waals surface area (Å²) in [6.07, 6.45) is 0. The summed E-state index contributed by atoms with van der Waals surface area (Å²) in [6, 6.07) is 0. The molecule has 7 heavy (non-hydrogen) atoms. The van der Waals surface area contributed by atoms with Crippen molar-refractivity contribution in [2.75, 3.05) is 0 Å². The van der Waals surface area contributed by atoms with E-state index in [-0.39, 0.29) is 61.6 Å². The molecular formula is H6CaO4SiSn. The molecule has 0 saturated heterocycles. The van der Waals surface area contributed by atoms with Crippen molar-refractivity contribution >= 4 is 70.7 Å². The smallest absolute Gasteiger partial charge is 0 e. The van der Waals surface area contributed by atoms with Gasteiger partial charge in [0.25, 0.3) is 0 Å². The van der Waals surface area contributed by atoms with Crippen LogP contribution in [0.15, 0.2) is 0 Å². The van der Waals surface area contributed by atoms with Crippen LogP contribution in [0.4, 0.5) is 0 Å². The van der Waals surface area contributed by atoms with Crippen LogP contribution in [0.5, 0.6) is 0 Å². The predicted octanol–water partition coefficient (Wildman–Crippen LogP) is -3.91. The molecule has 4 radical (unpaired) electrons. The molecule has 0 aliphatic rings. The van der Waals surface area contributed by atoms with E-state index in [1.807, 2.05) is 0 Å². The molecule has 0 rings (SSSR count). The minimum atomic E-state index is -4.61. The number of rotatable bonds is 0. The molecule has 0 bridgehead atoms. The SMILES string of the molecule is O[Si](O)(O)O.[CaH2].[Sn]. The van der Waals surface area contributed by atoms with Crippen molar-refractivity contribution < 1.29 is 19.2 Å². The van der Waals surface area contributed by atoms with E-state index in [2.05, 4.69) is 0 Å². The van der Waals surface area contributed by atoms with Crippen molar-refractivity contribution in [2.45, 2.75) is 0 Å². The van der Waals surface area contributed by atoms with Crippen LogP contribution in [0.1, 0.15) is 0 Å². The van der Waals surface area contributed by atoms with Gasteiger partial charge in [0.2, 0.25) is 0 Å². The average molecular weight is 257 g/mol. The topological polar surface area (TPSA) is 80.9 Å². The molecule has 0 amide bonds. The Morgan fingerprint density at radius 3 is 0.857 bits per heavy atom. The van der Waals surface area contributed by atoms with Gasteiger partial charge in [-0.2, -0.15) is 0 Å².